The van der Waals surface area contributed by atoms with Crippen LogP contribution in [-0.2, 0) is 28.6 Å². The molecule has 0 radical (unpaired) electrons. The van der Waals surface area contributed by atoms with E-state index in [2.05, 4.69) is 4.90 Å². The lowest BCUT2D eigenvalue weighted by atomic mass is 9.94. The van der Waals surface area contributed by atoms with Crippen LogP contribution in [0.1, 0.15) is 244 Å². The normalized spacial score (nSPS) is 19.3. The summed E-state index contributed by atoms with van der Waals surface area (Å²) in [6.45, 7) is 1.85. The van der Waals surface area contributed by atoms with Crippen molar-refractivity contribution in [2.24, 2.45) is 11.8 Å². The summed E-state index contributed by atoms with van der Waals surface area (Å²) in [7, 11) is 4.05. The smallest absolute Gasteiger partial charge is 0.308 e. The van der Waals surface area contributed by atoms with E-state index in [1.807, 2.05) is 14.1 Å². The second-order valence-corrected chi connectivity index (χ2v) is 18.1. The summed E-state index contributed by atoms with van der Waals surface area (Å²) < 4.78 is 17.7. The van der Waals surface area contributed by atoms with Crippen LogP contribution in [0.3, 0.4) is 0 Å². The molecule has 0 heterocycles. The highest BCUT2D eigenvalue weighted by atomic mass is 16.5. The number of hydrogen-bond acceptors (Lipinski definition) is 7. The van der Waals surface area contributed by atoms with Crippen LogP contribution in [0.15, 0.2) is 0 Å². The molecule has 0 aliphatic heterocycles. The lowest BCUT2D eigenvalue weighted by molar-refractivity contribution is -0.151. The van der Waals surface area contributed by atoms with Gasteiger partial charge in [0, 0.05) is 6.42 Å². The first-order chi connectivity index (χ1) is 27.5. The van der Waals surface area contributed by atoms with E-state index in [0.29, 0.717) is 19.6 Å². The Bertz CT molecular complexity index is 848. The molecule has 0 N–H and O–H groups in total. The summed E-state index contributed by atoms with van der Waals surface area (Å²) in [5.41, 5.74) is 0. The van der Waals surface area contributed by atoms with E-state index in [-0.39, 0.29) is 35.8 Å². The van der Waals surface area contributed by atoms with Gasteiger partial charge in [0.1, 0.15) is 6.10 Å². The summed E-state index contributed by atoms with van der Waals surface area (Å²) in [5.74, 6) is 0.0591. The number of rotatable bonds is 19. The fourth-order valence-electron chi connectivity index (χ4n) is 8.79. The van der Waals surface area contributed by atoms with Crippen molar-refractivity contribution in [1.29, 1.82) is 0 Å². The number of ether oxygens (including phenoxy) is 3. The molecular weight excluding hydrogens is 699 g/mol. The molecule has 0 unspecified atom stereocenters. The predicted molar refractivity (Wildman–Crippen MR) is 233 cm³/mol. The quantitative estimate of drug-likeness (QED) is 0.0732. The second-order valence-electron chi connectivity index (χ2n) is 18.1. The Hall–Kier alpha value is -1.63. The first-order valence-corrected chi connectivity index (χ1v) is 24.6. The number of hydrogen-bond donors (Lipinski definition) is 0. The maximum Gasteiger partial charge on any atom is 0.308 e. The van der Waals surface area contributed by atoms with Crippen LogP contribution in [0.5, 0.6) is 0 Å². The van der Waals surface area contributed by atoms with Crippen molar-refractivity contribution >= 4 is 17.9 Å². The van der Waals surface area contributed by atoms with Crippen molar-refractivity contribution in [3.63, 3.8) is 0 Å². The zero-order valence-corrected chi connectivity index (χ0v) is 37.1. The Morgan fingerprint density at radius 1 is 0.446 bits per heavy atom. The van der Waals surface area contributed by atoms with Gasteiger partial charge in [-0.05, 0) is 104 Å². The van der Waals surface area contributed by atoms with Gasteiger partial charge in [0.25, 0.3) is 0 Å². The highest BCUT2D eigenvalue weighted by molar-refractivity contribution is 5.72. The Morgan fingerprint density at radius 3 is 1.09 bits per heavy atom. The average molecular weight is 790 g/mol. The van der Waals surface area contributed by atoms with Crippen molar-refractivity contribution < 1.29 is 28.6 Å². The third-order valence-corrected chi connectivity index (χ3v) is 12.5. The van der Waals surface area contributed by atoms with Gasteiger partial charge in [-0.3, -0.25) is 14.4 Å². The molecule has 2 rings (SSSR count). The van der Waals surface area contributed by atoms with Gasteiger partial charge in [0.2, 0.25) is 0 Å². The molecule has 2 fully saturated rings. The van der Waals surface area contributed by atoms with Crippen LogP contribution < -0.4 is 0 Å². The highest BCUT2D eigenvalue weighted by Crippen LogP contribution is 2.24. The summed E-state index contributed by atoms with van der Waals surface area (Å²) in [6.07, 6.45) is 43.3. The molecule has 0 aromatic rings. The van der Waals surface area contributed by atoms with Gasteiger partial charge < -0.3 is 19.1 Å². The molecule has 2 aliphatic rings. The summed E-state index contributed by atoms with van der Waals surface area (Å²) in [6, 6.07) is 0. The molecule has 0 amide bonds. The van der Waals surface area contributed by atoms with Gasteiger partial charge in [-0.1, -0.05) is 154 Å². The van der Waals surface area contributed by atoms with E-state index in [9.17, 15) is 14.4 Å². The topological polar surface area (TPSA) is 82.1 Å². The molecular formula is C49H91NO6. The van der Waals surface area contributed by atoms with Crippen LogP contribution in [-0.4, -0.2) is 62.8 Å². The van der Waals surface area contributed by atoms with Gasteiger partial charge >= 0.3 is 17.9 Å². The third-order valence-electron chi connectivity index (χ3n) is 12.5. The van der Waals surface area contributed by atoms with E-state index < -0.39 is 0 Å². The van der Waals surface area contributed by atoms with Crippen LogP contribution in [0.25, 0.3) is 0 Å². The molecule has 56 heavy (non-hydrogen) atoms. The van der Waals surface area contributed by atoms with Gasteiger partial charge in [-0.15, -0.1) is 0 Å². The Balaban J connectivity index is 1.71. The maximum absolute atomic E-state index is 13.1. The Kier molecular flexibility index (Phi) is 32.9. The second kappa shape index (κ2) is 36.4. The van der Waals surface area contributed by atoms with Gasteiger partial charge in [-0.2, -0.15) is 0 Å². The van der Waals surface area contributed by atoms with Crippen LogP contribution in [0.4, 0.5) is 0 Å². The van der Waals surface area contributed by atoms with Gasteiger partial charge in [0.15, 0.2) is 0 Å². The lowest BCUT2D eigenvalue weighted by Crippen LogP contribution is -2.21. The molecule has 2 saturated carbocycles. The SMILES string of the molecule is CN(C)CCCC(=O)OC(CCCCCOC(=O)C1CCCCCCCCCCCCCC1)CCCCCOC(=O)C1CCCCCCCCCCCCCC1. The largest absolute Gasteiger partial charge is 0.465 e. The van der Waals surface area contributed by atoms with E-state index in [0.717, 1.165) is 116 Å². The minimum Gasteiger partial charge on any atom is -0.465 e. The number of unbranched alkanes of at least 4 members (excludes halogenated alkanes) is 4. The van der Waals surface area contributed by atoms with Crippen LogP contribution in [0, 0.1) is 11.8 Å². The fourth-order valence-corrected chi connectivity index (χ4v) is 8.79. The van der Waals surface area contributed by atoms with Crippen molar-refractivity contribution in [3.05, 3.63) is 0 Å². The van der Waals surface area contributed by atoms with Crippen LogP contribution >= 0.6 is 0 Å². The minimum atomic E-state index is -0.0998. The zero-order valence-electron chi connectivity index (χ0n) is 37.1. The summed E-state index contributed by atoms with van der Waals surface area (Å²) >= 11 is 0. The molecule has 0 saturated heterocycles. The van der Waals surface area contributed by atoms with Crippen molar-refractivity contribution in [1.82, 2.24) is 4.90 Å². The molecule has 7 heteroatoms. The van der Waals surface area contributed by atoms with Crippen molar-refractivity contribution in [3.8, 4) is 0 Å². The average Bonchev–Trinajstić information content (AvgIpc) is 3.20. The van der Waals surface area contributed by atoms with E-state index >= 15 is 0 Å². The molecule has 2 aliphatic carbocycles. The molecule has 0 aromatic heterocycles. The zero-order chi connectivity index (χ0) is 40.2. The standard InChI is InChI=1S/C49H91NO6/c1-50(2)41-33-40-47(51)56-46(38-29-23-31-42-54-48(52)44-34-25-19-15-11-7-3-4-8-12-16-20-26-35-44)39-30-24-32-43-55-49(53)45-36-27-21-17-13-9-5-6-10-14-18-22-28-37-45/h44-46H,3-43H2,1-2H3. The molecule has 7 nitrogen and oxygen atoms in total. The lowest BCUT2D eigenvalue weighted by Gasteiger charge is -2.19. The highest BCUT2D eigenvalue weighted by Gasteiger charge is 2.21. The minimum absolute atomic E-state index is 0.0203. The van der Waals surface area contributed by atoms with E-state index in [1.165, 1.54) is 128 Å². The fraction of sp³-hybridized carbons (Fsp3) is 0.939. The number of carbonyl (C=O) groups is 3. The summed E-state index contributed by atoms with van der Waals surface area (Å²) in [4.78, 5) is 41.0. The Morgan fingerprint density at radius 2 is 0.768 bits per heavy atom. The molecule has 0 atom stereocenters. The van der Waals surface area contributed by atoms with Crippen LogP contribution in [0.2, 0.25) is 0 Å². The van der Waals surface area contributed by atoms with Crippen molar-refractivity contribution in [2.45, 2.75) is 250 Å². The number of esters is 3. The first kappa shape index (κ1) is 50.5. The maximum atomic E-state index is 13.1. The van der Waals surface area contributed by atoms with E-state index in [4.69, 9.17) is 14.2 Å². The molecule has 0 aromatic carbocycles. The monoisotopic (exact) mass is 790 g/mol. The summed E-state index contributed by atoms with van der Waals surface area (Å²) in [5, 5.41) is 0. The van der Waals surface area contributed by atoms with Gasteiger partial charge in [0.05, 0.1) is 25.0 Å². The molecule has 328 valence electrons. The van der Waals surface area contributed by atoms with Gasteiger partial charge in [-0.25, -0.2) is 0 Å². The van der Waals surface area contributed by atoms with Crippen molar-refractivity contribution in [2.75, 3.05) is 33.9 Å². The first-order valence-electron chi connectivity index (χ1n) is 24.6. The number of carbonyl (C=O) groups excluding carboxylic acids is 3. The Labute approximate surface area is 346 Å². The predicted octanol–water partition coefficient (Wildman–Crippen LogP) is 13.6. The molecule has 0 bridgehead atoms. The molecule has 0 spiro atoms. The number of nitrogens with zero attached hydrogens (tertiary/aromatic N) is 1. The third kappa shape index (κ3) is 29.6. The van der Waals surface area contributed by atoms with E-state index in [1.54, 1.807) is 0 Å².